The van der Waals surface area contributed by atoms with Gasteiger partial charge in [0.2, 0.25) is 0 Å². The minimum Gasteiger partial charge on any atom is -0.207 e. The molecule has 16 heavy (non-hydrogen) atoms. The van der Waals surface area contributed by atoms with Crippen LogP contribution in [0.2, 0.25) is 0 Å². The highest BCUT2D eigenvalue weighted by atomic mass is 35.5. The summed E-state index contributed by atoms with van der Waals surface area (Å²) in [5.74, 6) is -0.884. The summed E-state index contributed by atoms with van der Waals surface area (Å²) in [5.41, 5.74) is 0.749. The molecule has 2 unspecified atom stereocenters. The van der Waals surface area contributed by atoms with Gasteiger partial charge in [-0.1, -0.05) is 12.5 Å². The predicted octanol–water partition coefficient (Wildman–Crippen LogP) is 4.54. The molecule has 88 valence electrons. The van der Waals surface area contributed by atoms with Gasteiger partial charge < -0.3 is 0 Å². The number of halogens is 3. The first-order chi connectivity index (χ1) is 7.59. The van der Waals surface area contributed by atoms with Crippen molar-refractivity contribution < 1.29 is 8.78 Å². The SMILES string of the molecule is Cc1ccc(F)c(C2CCCC(Cl)C2)c1F. The topological polar surface area (TPSA) is 0 Å². The first-order valence-electron chi connectivity index (χ1n) is 5.68. The second-order valence-corrected chi connectivity index (χ2v) is 5.17. The van der Waals surface area contributed by atoms with E-state index in [0.29, 0.717) is 12.0 Å². The van der Waals surface area contributed by atoms with E-state index < -0.39 is 11.6 Å². The fourth-order valence-electron chi connectivity index (χ4n) is 2.44. The standard InChI is InChI=1S/C13H15ClF2/c1-8-5-6-11(15)12(13(8)16)9-3-2-4-10(14)7-9/h5-6,9-10H,2-4,7H2,1H3. The molecule has 2 rings (SSSR count). The predicted molar refractivity (Wildman–Crippen MR) is 61.9 cm³/mol. The summed E-state index contributed by atoms with van der Waals surface area (Å²) in [6.07, 6.45) is 3.41. The summed E-state index contributed by atoms with van der Waals surface area (Å²) in [6.45, 7) is 1.67. The number of aryl methyl sites for hydroxylation is 1. The minimum absolute atomic E-state index is 0.0538. The van der Waals surface area contributed by atoms with E-state index in [1.54, 1.807) is 6.92 Å². The van der Waals surface area contributed by atoms with E-state index in [0.717, 1.165) is 19.3 Å². The van der Waals surface area contributed by atoms with Crippen molar-refractivity contribution in [1.29, 1.82) is 0 Å². The lowest BCUT2D eigenvalue weighted by Crippen LogP contribution is -2.16. The maximum Gasteiger partial charge on any atom is 0.132 e. The lowest BCUT2D eigenvalue weighted by atomic mass is 9.83. The van der Waals surface area contributed by atoms with Crippen molar-refractivity contribution in [3.05, 3.63) is 34.9 Å². The van der Waals surface area contributed by atoms with Crippen molar-refractivity contribution in [2.75, 3.05) is 0 Å². The van der Waals surface area contributed by atoms with Crippen LogP contribution < -0.4 is 0 Å². The number of hydrogen-bond acceptors (Lipinski definition) is 0. The molecule has 1 aromatic rings. The largest absolute Gasteiger partial charge is 0.207 e. The van der Waals surface area contributed by atoms with E-state index in [-0.39, 0.29) is 16.9 Å². The normalized spacial score (nSPS) is 25.8. The van der Waals surface area contributed by atoms with Gasteiger partial charge in [-0.05, 0) is 43.7 Å². The Morgan fingerprint density at radius 3 is 2.69 bits per heavy atom. The van der Waals surface area contributed by atoms with Crippen molar-refractivity contribution in [3.8, 4) is 0 Å². The molecule has 1 saturated carbocycles. The highest BCUT2D eigenvalue weighted by molar-refractivity contribution is 6.20. The van der Waals surface area contributed by atoms with Gasteiger partial charge in [-0.15, -0.1) is 11.6 Å². The van der Waals surface area contributed by atoms with Crippen LogP contribution in [0.15, 0.2) is 12.1 Å². The monoisotopic (exact) mass is 244 g/mol. The zero-order chi connectivity index (χ0) is 11.7. The second-order valence-electron chi connectivity index (χ2n) is 4.55. The Bertz CT molecular complexity index is 390. The molecule has 2 atom stereocenters. The number of benzene rings is 1. The Morgan fingerprint density at radius 2 is 2.00 bits per heavy atom. The van der Waals surface area contributed by atoms with E-state index in [2.05, 4.69) is 0 Å². The zero-order valence-electron chi connectivity index (χ0n) is 9.27. The third kappa shape index (κ3) is 2.22. The molecule has 0 spiro atoms. The van der Waals surface area contributed by atoms with Gasteiger partial charge in [0.25, 0.3) is 0 Å². The van der Waals surface area contributed by atoms with Gasteiger partial charge in [-0.2, -0.15) is 0 Å². The van der Waals surface area contributed by atoms with Gasteiger partial charge in [-0.25, -0.2) is 8.78 Å². The van der Waals surface area contributed by atoms with Gasteiger partial charge >= 0.3 is 0 Å². The fraction of sp³-hybridized carbons (Fsp3) is 0.538. The van der Waals surface area contributed by atoms with Crippen molar-refractivity contribution in [1.82, 2.24) is 0 Å². The first-order valence-corrected chi connectivity index (χ1v) is 6.11. The molecule has 0 N–H and O–H groups in total. The number of rotatable bonds is 1. The van der Waals surface area contributed by atoms with Gasteiger partial charge in [0.1, 0.15) is 11.6 Å². The molecule has 1 fully saturated rings. The Labute approximate surface area is 99.6 Å². The lowest BCUT2D eigenvalue weighted by Gasteiger charge is -2.26. The van der Waals surface area contributed by atoms with Crippen LogP contribution in [0.1, 0.15) is 42.7 Å². The summed E-state index contributed by atoms with van der Waals surface area (Å²) in [4.78, 5) is 0. The number of hydrogen-bond donors (Lipinski definition) is 0. The fourth-order valence-corrected chi connectivity index (χ4v) is 2.81. The zero-order valence-corrected chi connectivity index (χ0v) is 10.0. The van der Waals surface area contributed by atoms with E-state index in [1.807, 2.05) is 0 Å². The van der Waals surface area contributed by atoms with E-state index in [4.69, 9.17) is 11.6 Å². The van der Waals surface area contributed by atoms with E-state index in [9.17, 15) is 8.78 Å². The Morgan fingerprint density at radius 1 is 1.25 bits per heavy atom. The van der Waals surface area contributed by atoms with Gasteiger partial charge in [0, 0.05) is 10.9 Å². The highest BCUT2D eigenvalue weighted by Crippen LogP contribution is 2.38. The first kappa shape index (κ1) is 11.8. The molecular weight excluding hydrogens is 230 g/mol. The molecular formula is C13H15ClF2. The smallest absolute Gasteiger partial charge is 0.132 e. The van der Waals surface area contributed by atoms with Crippen LogP contribution in [0.3, 0.4) is 0 Å². The lowest BCUT2D eigenvalue weighted by molar-refractivity contribution is 0.416. The summed E-state index contributed by atoms with van der Waals surface area (Å²) in [6, 6.07) is 2.83. The molecule has 0 aromatic heterocycles. The van der Waals surface area contributed by atoms with Crippen LogP contribution in [-0.2, 0) is 0 Å². The van der Waals surface area contributed by atoms with Crippen molar-refractivity contribution in [2.24, 2.45) is 0 Å². The molecule has 0 amide bonds. The molecule has 1 aliphatic carbocycles. The van der Waals surface area contributed by atoms with Crippen LogP contribution in [0.4, 0.5) is 8.78 Å². The second kappa shape index (κ2) is 4.70. The quantitative estimate of drug-likeness (QED) is 0.637. The molecule has 0 bridgehead atoms. The van der Waals surface area contributed by atoms with Crippen molar-refractivity contribution in [2.45, 2.75) is 43.9 Å². The molecule has 1 aromatic carbocycles. The summed E-state index contributed by atoms with van der Waals surface area (Å²) >= 11 is 6.06. The van der Waals surface area contributed by atoms with E-state index in [1.165, 1.54) is 12.1 Å². The van der Waals surface area contributed by atoms with Crippen LogP contribution in [0.5, 0.6) is 0 Å². The van der Waals surface area contributed by atoms with Crippen LogP contribution >= 0.6 is 11.6 Å². The molecule has 0 aliphatic heterocycles. The van der Waals surface area contributed by atoms with Gasteiger partial charge in [0.05, 0.1) is 0 Å². The minimum atomic E-state index is -0.432. The molecule has 3 heteroatoms. The molecule has 0 nitrogen and oxygen atoms in total. The van der Waals surface area contributed by atoms with Crippen molar-refractivity contribution in [3.63, 3.8) is 0 Å². The maximum atomic E-state index is 13.9. The molecule has 0 radical (unpaired) electrons. The van der Waals surface area contributed by atoms with Gasteiger partial charge in [-0.3, -0.25) is 0 Å². The van der Waals surface area contributed by atoms with Gasteiger partial charge in [0.15, 0.2) is 0 Å². The van der Waals surface area contributed by atoms with Crippen LogP contribution in [0.25, 0.3) is 0 Å². The average Bonchev–Trinajstić information content (AvgIpc) is 2.24. The van der Waals surface area contributed by atoms with Crippen molar-refractivity contribution >= 4 is 11.6 Å². The maximum absolute atomic E-state index is 13.9. The van der Waals surface area contributed by atoms with Crippen LogP contribution in [-0.4, -0.2) is 5.38 Å². The summed E-state index contributed by atoms with van der Waals surface area (Å²) < 4.78 is 27.5. The average molecular weight is 245 g/mol. The Kier molecular flexibility index (Phi) is 3.48. The highest BCUT2D eigenvalue weighted by Gasteiger charge is 2.27. The third-order valence-electron chi connectivity index (χ3n) is 3.34. The molecule has 0 saturated heterocycles. The molecule has 0 heterocycles. The third-order valence-corrected chi connectivity index (χ3v) is 3.73. The summed E-state index contributed by atoms with van der Waals surface area (Å²) in [7, 11) is 0. The summed E-state index contributed by atoms with van der Waals surface area (Å²) in [5, 5.41) is 0.0538. The number of alkyl halides is 1. The Balaban J connectivity index is 2.35. The van der Waals surface area contributed by atoms with Crippen LogP contribution in [0, 0.1) is 18.6 Å². The molecule has 1 aliphatic rings. The van der Waals surface area contributed by atoms with E-state index >= 15 is 0 Å². The Hall–Kier alpha value is -0.630.